The highest BCUT2D eigenvalue weighted by Crippen LogP contribution is 2.25. The van der Waals surface area contributed by atoms with E-state index in [1.807, 2.05) is 0 Å². The second-order valence-corrected chi connectivity index (χ2v) is 7.66. The van der Waals surface area contributed by atoms with Crippen molar-refractivity contribution in [1.82, 2.24) is 25.1 Å². The minimum atomic E-state index is -4.26. The SMILES string of the molecule is Cc1cc(Cn2cc3c(CC(=O)N[C@@H](C)CO)nccc3n2)cnc1OCC(F)(F)C(F)F. The summed E-state index contributed by atoms with van der Waals surface area (Å²) in [6.07, 6.45) is 0.852. The molecule has 3 heterocycles. The normalized spacial score (nSPS) is 12.8. The van der Waals surface area contributed by atoms with Crippen LogP contribution in [0.15, 0.2) is 30.7 Å². The first-order valence-corrected chi connectivity index (χ1v) is 10.0. The topological polar surface area (TPSA) is 102 Å². The summed E-state index contributed by atoms with van der Waals surface area (Å²) in [7, 11) is 0. The van der Waals surface area contributed by atoms with Gasteiger partial charge in [-0.15, -0.1) is 0 Å². The number of nitrogens with one attached hydrogen (secondary N) is 1. The van der Waals surface area contributed by atoms with Crippen LogP contribution in [0, 0.1) is 6.92 Å². The Balaban J connectivity index is 1.72. The number of hydrogen-bond donors (Lipinski definition) is 2. The molecule has 0 radical (unpaired) electrons. The summed E-state index contributed by atoms with van der Waals surface area (Å²) in [6, 6.07) is 2.97. The lowest BCUT2D eigenvalue weighted by Gasteiger charge is -2.16. The van der Waals surface area contributed by atoms with E-state index in [-0.39, 0.29) is 37.4 Å². The summed E-state index contributed by atoms with van der Waals surface area (Å²) in [5.74, 6) is -4.70. The van der Waals surface area contributed by atoms with Crippen molar-refractivity contribution in [1.29, 1.82) is 0 Å². The molecule has 0 saturated carbocycles. The molecule has 0 aliphatic rings. The lowest BCUT2D eigenvalue weighted by molar-refractivity contribution is -0.148. The third kappa shape index (κ3) is 6.15. The summed E-state index contributed by atoms with van der Waals surface area (Å²) in [6.45, 7) is 1.89. The molecule has 12 heteroatoms. The second-order valence-electron chi connectivity index (χ2n) is 7.66. The van der Waals surface area contributed by atoms with E-state index in [1.54, 1.807) is 43.1 Å². The van der Waals surface area contributed by atoms with Crippen LogP contribution in [0.2, 0.25) is 0 Å². The van der Waals surface area contributed by atoms with Crippen molar-refractivity contribution in [3.05, 3.63) is 47.5 Å². The van der Waals surface area contributed by atoms with Gasteiger partial charge in [0.15, 0.2) is 6.61 Å². The number of hydrogen-bond acceptors (Lipinski definition) is 6. The van der Waals surface area contributed by atoms with Gasteiger partial charge in [-0.2, -0.15) is 13.9 Å². The molecule has 0 saturated heterocycles. The number of pyridine rings is 2. The number of ether oxygens (including phenoxy) is 1. The predicted octanol–water partition coefficient (Wildman–Crippen LogP) is 2.50. The van der Waals surface area contributed by atoms with Gasteiger partial charge < -0.3 is 15.2 Å². The van der Waals surface area contributed by atoms with Gasteiger partial charge in [-0.25, -0.2) is 13.8 Å². The molecule has 3 aromatic rings. The van der Waals surface area contributed by atoms with E-state index in [2.05, 4.69) is 20.4 Å². The van der Waals surface area contributed by atoms with Gasteiger partial charge in [0.1, 0.15) is 0 Å². The first kappa shape index (κ1) is 24.4. The molecule has 0 aliphatic carbocycles. The minimum absolute atomic E-state index is 0.0172. The van der Waals surface area contributed by atoms with Crippen LogP contribution in [0.25, 0.3) is 10.9 Å². The Hall–Kier alpha value is -3.28. The van der Waals surface area contributed by atoms with Crippen LogP contribution in [0.3, 0.4) is 0 Å². The molecular formula is C21H23F4N5O3. The van der Waals surface area contributed by atoms with Crippen LogP contribution in [0.4, 0.5) is 17.6 Å². The maximum Gasteiger partial charge on any atom is 0.340 e. The maximum atomic E-state index is 13.1. The Labute approximate surface area is 186 Å². The number of amides is 1. The number of halogens is 4. The zero-order valence-corrected chi connectivity index (χ0v) is 17.9. The van der Waals surface area contributed by atoms with E-state index < -0.39 is 19.0 Å². The van der Waals surface area contributed by atoms with Crippen LogP contribution >= 0.6 is 0 Å². The van der Waals surface area contributed by atoms with Crippen molar-refractivity contribution in [3.63, 3.8) is 0 Å². The van der Waals surface area contributed by atoms with Crippen LogP contribution in [0.1, 0.15) is 23.7 Å². The van der Waals surface area contributed by atoms with Gasteiger partial charge in [0, 0.05) is 35.6 Å². The molecule has 1 amide bonds. The molecule has 0 spiro atoms. The van der Waals surface area contributed by atoms with Crippen molar-refractivity contribution < 1.29 is 32.2 Å². The largest absolute Gasteiger partial charge is 0.471 e. The molecule has 0 fully saturated rings. The zero-order chi connectivity index (χ0) is 24.2. The number of aliphatic hydroxyl groups is 1. The second kappa shape index (κ2) is 10.1. The molecule has 1 atom stereocenters. The van der Waals surface area contributed by atoms with Gasteiger partial charge in [0.2, 0.25) is 11.8 Å². The van der Waals surface area contributed by atoms with E-state index >= 15 is 0 Å². The van der Waals surface area contributed by atoms with Gasteiger partial charge in [-0.05, 0) is 31.5 Å². The van der Waals surface area contributed by atoms with Gasteiger partial charge >= 0.3 is 12.3 Å². The summed E-state index contributed by atoms with van der Waals surface area (Å²) >= 11 is 0. The van der Waals surface area contributed by atoms with Crippen molar-refractivity contribution in [2.75, 3.05) is 13.2 Å². The number of alkyl halides is 4. The van der Waals surface area contributed by atoms with Gasteiger partial charge in [-0.1, -0.05) is 0 Å². The number of rotatable bonds is 10. The van der Waals surface area contributed by atoms with Crippen LogP contribution in [-0.2, 0) is 17.8 Å². The number of aliphatic hydroxyl groups excluding tert-OH is 1. The number of aromatic nitrogens is 4. The highest BCUT2D eigenvalue weighted by Gasteiger charge is 2.42. The molecule has 0 aromatic carbocycles. The smallest absolute Gasteiger partial charge is 0.340 e. The van der Waals surface area contributed by atoms with Gasteiger partial charge in [-0.3, -0.25) is 14.5 Å². The summed E-state index contributed by atoms with van der Waals surface area (Å²) in [4.78, 5) is 20.4. The van der Waals surface area contributed by atoms with Crippen molar-refractivity contribution >= 4 is 16.8 Å². The molecule has 33 heavy (non-hydrogen) atoms. The summed E-state index contributed by atoms with van der Waals surface area (Å²) in [5.41, 5.74) is 2.24. The quantitative estimate of drug-likeness (QED) is 0.443. The number of carbonyl (C=O) groups excluding carboxylic acids is 1. The first-order valence-electron chi connectivity index (χ1n) is 10.0. The predicted molar refractivity (Wildman–Crippen MR) is 110 cm³/mol. The molecule has 0 bridgehead atoms. The molecule has 3 aromatic heterocycles. The van der Waals surface area contributed by atoms with Gasteiger partial charge in [0.25, 0.3) is 0 Å². The molecule has 2 N–H and O–H groups in total. The Kier molecular flexibility index (Phi) is 7.46. The van der Waals surface area contributed by atoms with E-state index in [9.17, 15) is 22.4 Å². The van der Waals surface area contributed by atoms with Crippen molar-refractivity contribution in [2.45, 2.75) is 45.2 Å². The van der Waals surface area contributed by atoms with E-state index in [4.69, 9.17) is 9.84 Å². The fraction of sp³-hybridized carbons (Fsp3) is 0.429. The fourth-order valence-corrected chi connectivity index (χ4v) is 3.07. The third-order valence-electron chi connectivity index (χ3n) is 4.73. The Morgan fingerprint density at radius 3 is 2.76 bits per heavy atom. The van der Waals surface area contributed by atoms with Gasteiger partial charge in [0.05, 0.1) is 30.8 Å². The average Bonchev–Trinajstić information content (AvgIpc) is 3.16. The molecule has 0 aliphatic heterocycles. The first-order chi connectivity index (χ1) is 15.6. The highest BCUT2D eigenvalue weighted by atomic mass is 19.3. The Morgan fingerprint density at radius 2 is 2.09 bits per heavy atom. The lowest BCUT2D eigenvalue weighted by atomic mass is 10.2. The van der Waals surface area contributed by atoms with E-state index in [0.717, 1.165) is 0 Å². The molecule has 3 rings (SSSR count). The van der Waals surface area contributed by atoms with E-state index in [0.29, 0.717) is 27.7 Å². The maximum absolute atomic E-state index is 13.1. The summed E-state index contributed by atoms with van der Waals surface area (Å²) in [5, 5.41) is 16.9. The minimum Gasteiger partial charge on any atom is -0.471 e. The molecule has 0 unspecified atom stereocenters. The van der Waals surface area contributed by atoms with Crippen molar-refractivity contribution in [3.8, 4) is 5.88 Å². The van der Waals surface area contributed by atoms with Crippen LogP contribution in [0.5, 0.6) is 5.88 Å². The van der Waals surface area contributed by atoms with Crippen molar-refractivity contribution in [2.24, 2.45) is 0 Å². The molecule has 8 nitrogen and oxygen atoms in total. The van der Waals surface area contributed by atoms with Crippen LogP contribution < -0.4 is 10.1 Å². The van der Waals surface area contributed by atoms with E-state index in [1.165, 1.54) is 6.20 Å². The number of nitrogens with zero attached hydrogens (tertiary/aromatic N) is 4. The number of carbonyl (C=O) groups is 1. The average molecular weight is 469 g/mol. The standard InChI is InChI=1S/C21H23F4N5O3/c1-12-5-14(7-27-19(12)33-11-21(24,25)20(22)23)8-30-9-15-16(29-30)3-4-26-17(15)6-18(32)28-13(2)10-31/h3-5,7,9,13,20,31H,6,8,10-11H2,1-2H3,(H,28,32)/t13-/m0/s1. The third-order valence-corrected chi connectivity index (χ3v) is 4.73. The number of fused-ring (bicyclic) bond motifs is 1. The monoisotopic (exact) mass is 469 g/mol. The highest BCUT2D eigenvalue weighted by molar-refractivity contribution is 5.86. The van der Waals surface area contributed by atoms with Crippen LogP contribution in [-0.4, -0.2) is 62.4 Å². The molecule has 178 valence electrons. The Bertz CT molecular complexity index is 1120. The number of aryl methyl sites for hydroxylation is 1. The lowest BCUT2D eigenvalue weighted by Crippen LogP contribution is -2.36. The zero-order valence-electron chi connectivity index (χ0n) is 17.9. The summed E-state index contributed by atoms with van der Waals surface area (Å²) < 4.78 is 57.1. The Morgan fingerprint density at radius 1 is 1.33 bits per heavy atom. The fourth-order valence-electron chi connectivity index (χ4n) is 3.07. The molecular weight excluding hydrogens is 446 g/mol.